The molecule has 1 saturated carbocycles. The van der Waals surface area contributed by atoms with Crippen molar-refractivity contribution in [1.29, 1.82) is 0 Å². The van der Waals surface area contributed by atoms with Crippen molar-refractivity contribution < 1.29 is 28.4 Å². The van der Waals surface area contributed by atoms with E-state index in [1.165, 1.54) is 18.6 Å². The first-order valence-electron chi connectivity index (χ1n) is 10.5. The van der Waals surface area contributed by atoms with E-state index < -0.39 is 24.0 Å². The minimum absolute atomic E-state index is 0.140. The van der Waals surface area contributed by atoms with E-state index in [-0.39, 0.29) is 17.7 Å². The lowest BCUT2D eigenvalue weighted by Gasteiger charge is -2.60. The molecule has 0 N–H and O–H groups in total. The van der Waals surface area contributed by atoms with E-state index in [4.69, 9.17) is 24.0 Å². The Labute approximate surface area is 165 Å². The highest BCUT2D eigenvalue weighted by molar-refractivity contribution is 5.15. The van der Waals surface area contributed by atoms with Crippen LogP contribution in [0.25, 0.3) is 0 Å². The molecule has 1 aromatic carbocycles. The maximum atomic E-state index is 13.2. The van der Waals surface area contributed by atoms with E-state index in [1.54, 1.807) is 12.1 Å². The Balaban J connectivity index is 1.40. The van der Waals surface area contributed by atoms with Gasteiger partial charge in [0.1, 0.15) is 5.82 Å². The summed E-state index contributed by atoms with van der Waals surface area (Å²) in [7, 11) is 0. The summed E-state index contributed by atoms with van der Waals surface area (Å²) in [4.78, 5) is 12.0. The van der Waals surface area contributed by atoms with Crippen molar-refractivity contribution in [3.63, 3.8) is 0 Å². The van der Waals surface area contributed by atoms with Crippen molar-refractivity contribution in [3.05, 3.63) is 35.6 Å². The third kappa shape index (κ3) is 2.84. The number of halogens is 1. The summed E-state index contributed by atoms with van der Waals surface area (Å²) in [6, 6.07) is 6.38. The number of fused-ring (bicyclic) bond motifs is 2. The van der Waals surface area contributed by atoms with Gasteiger partial charge in [-0.3, -0.25) is 0 Å². The van der Waals surface area contributed by atoms with E-state index in [0.717, 1.165) is 24.8 Å². The summed E-state index contributed by atoms with van der Waals surface area (Å²) in [6.07, 6.45) is 3.12. The van der Waals surface area contributed by atoms with Crippen molar-refractivity contribution in [2.24, 2.45) is 23.7 Å². The zero-order chi connectivity index (χ0) is 19.5. The fourth-order valence-corrected chi connectivity index (χ4v) is 5.82. The van der Waals surface area contributed by atoms with Gasteiger partial charge in [0.25, 0.3) is 0 Å². The average molecular weight is 392 g/mol. The summed E-state index contributed by atoms with van der Waals surface area (Å²) < 4.78 is 32.0. The monoisotopic (exact) mass is 392 g/mol. The number of hydrogen-bond donors (Lipinski definition) is 0. The zero-order valence-electron chi connectivity index (χ0n) is 16.7. The molecule has 0 radical (unpaired) electrons. The third-order valence-corrected chi connectivity index (χ3v) is 7.42. The predicted octanol–water partition coefficient (Wildman–Crippen LogP) is 4.55. The average Bonchev–Trinajstić information content (AvgIpc) is 2.91. The summed E-state index contributed by atoms with van der Waals surface area (Å²) in [5.74, 6) is 0.248. The van der Waals surface area contributed by atoms with Gasteiger partial charge >= 0.3 is 0 Å². The molecular weight excluding hydrogens is 363 g/mol. The highest BCUT2D eigenvalue weighted by Gasteiger charge is 2.69. The molecule has 4 heterocycles. The molecule has 8 atom stereocenters. The van der Waals surface area contributed by atoms with Crippen LogP contribution in [-0.2, 0) is 30.6 Å². The highest BCUT2D eigenvalue weighted by Crippen LogP contribution is 2.60. The molecule has 5 fully saturated rings. The van der Waals surface area contributed by atoms with Gasteiger partial charge in [-0.2, -0.15) is 0 Å². The number of rotatable bonds is 3. The molecular formula is C22H29FO5. The van der Waals surface area contributed by atoms with Crippen LogP contribution in [-0.4, -0.2) is 24.0 Å². The van der Waals surface area contributed by atoms with Crippen LogP contribution in [0.2, 0.25) is 0 Å². The topological polar surface area (TPSA) is 46.2 Å². The van der Waals surface area contributed by atoms with E-state index in [0.29, 0.717) is 18.4 Å². The second-order valence-corrected chi connectivity index (χ2v) is 9.21. The van der Waals surface area contributed by atoms with Gasteiger partial charge in [-0.1, -0.05) is 26.0 Å². The second-order valence-electron chi connectivity index (χ2n) is 9.21. The molecule has 5 aliphatic rings. The fourth-order valence-electron chi connectivity index (χ4n) is 5.82. The van der Waals surface area contributed by atoms with Crippen LogP contribution in [0.15, 0.2) is 24.3 Å². The van der Waals surface area contributed by atoms with Gasteiger partial charge in [0, 0.05) is 18.3 Å². The van der Waals surface area contributed by atoms with Crippen LogP contribution < -0.4 is 0 Å². The van der Waals surface area contributed by atoms with Gasteiger partial charge in [0.15, 0.2) is 18.2 Å². The molecule has 5 nitrogen and oxygen atoms in total. The quantitative estimate of drug-likeness (QED) is 0.706. The maximum absolute atomic E-state index is 13.2. The Morgan fingerprint density at radius 1 is 1.07 bits per heavy atom. The fraction of sp³-hybridized carbons (Fsp3) is 0.727. The summed E-state index contributed by atoms with van der Waals surface area (Å²) in [6.45, 7) is 6.77. The Kier molecular flexibility index (Phi) is 4.56. The zero-order valence-corrected chi connectivity index (χ0v) is 16.7. The van der Waals surface area contributed by atoms with E-state index in [9.17, 15) is 4.39 Å². The molecule has 154 valence electrons. The molecule has 2 bridgehead atoms. The third-order valence-electron chi connectivity index (χ3n) is 7.42. The van der Waals surface area contributed by atoms with Gasteiger partial charge in [0.05, 0.1) is 6.61 Å². The van der Waals surface area contributed by atoms with Crippen LogP contribution in [0.1, 0.15) is 52.0 Å². The molecule has 1 aromatic rings. The van der Waals surface area contributed by atoms with Gasteiger partial charge in [-0.15, -0.1) is 0 Å². The van der Waals surface area contributed by atoms with E-state index in [1.807, 2.05) is 6.92 Å². The first-order chi connectivity index (χ1) is 13.4. The Morgan fingerprint density at radius 2 is 1.86 bits per heavy atom. The van der Waals surface area contributed by atoms with Gasteiger partial charge in [-0.25, -0.2) is 14.2 Å². The molecule has 4 aliphatic heterocycles. The number of hydrogen-bond acceptors (Lipinski definition) is 5. The first-order valence-corrected chi connectivity index (χ1v) is 10.5. The molecule has 1 aliphatic carbocycles. The summed E-state index contributed by atoms with van der Waals surface area (Å²) >= 11 is 0. The molecule has 1 spiro atoms. The SMILES string of the molecule is C[C@H]1[C@@H](OCc2ccc(F)cc2)O[C@@H]2O[C@]3(C)CC[C@H]4[C@H](C)CC[C@@H]1[C@@]24OO3. The van der Waals surface area contributed by atoms with Crippen molar-refractivity contribution in [2.75, 3.05) is 0 Å². The molecule has 28 heavy (non-hydrogen) atoms. The molecule has 0 aromatic heterocycles. The van der Waals surface area contributed by atoms with Gasteiger partial charge in [-0.05, 0) is 55.7 Å². The normalized spacial score (nSPS) is 47.4. The molecule has 6 heteroatoms. The standard InChI is InChI=1S/C22H29FO5/c1-13-4-9-18-14(2)19(24-12-15-5-7-16(23)8-6-15)25-20-22(18)17(13)10-11-21(3,26-20)27-28-22/h5-8,13-14,17-20H,4,9-12H2,1-3H3/t13-,14-,17+,18+,19+,20-,21+,22-/m1/s1. The molecule has 0 unspecified atom stereocenters. The maximum Gasteiger partial charge on any atom is 0.201 e. The smallest absolute Gasteiger partial charge is 0.201 e. The summed E-state index contributed by atoms with van der Waals surface area (Å²) in [5.41, 5.74) is 0.352. The second kappa shape index (κ2) is 6.74. The minimum atomic E-state index is -0.778. The van der Waals surface area contributed by atoms with Crippen LogP contribution in [0.3, 0.4) is 0 Å². The van der Waals surface area contributed by atoms with E-state index >= 15 is 0 Å². The molecule has 6 rings (SSSR count). The van der Waals surface area contributed by atoms with Crippen LogP contribution in [0.5, 0.6) is 0 Å². The van der Waals surface area contributed by atoms with Gasteiger partial charge in [0.2, 0.25) is 5.79 Å². The summed E-state index contributed by atoms with van der Waals surface area (Å²) in [5, 5.41) is 0. The Morgan fingerprint density at radius 3 is 2.64 bits per heavy atom. The number of benzene rings is 1. The van der Waals surface area contributed by atoms with Crippen LogP contribution >= 0.6 is 0 Å². The van der Waals surface area contributed by atoms with Crippen molar-refractivity contribution in [1.82, 2.24) is 0 Å². The number of ether oxygens (including phenoxy) is 3. The lowest BCUT2D eigenvalue weighted by atomic mass is 9.58. The minimum Gasteiger partial charge on any atom is -0.348 e. The lowest BCUT2D eigenvalue weighted by Crippen LogP contribution is -2.70. The van der Waals surface area contributed by atoms with E-state index in [2.05, 4.69) is 13.8 Å². The Hall–Kier alpha value is -1.05. The predicted molar refractivity (Wildman–Crippen MR) is 98.0 cm³/mol. The van der Waals surface area contributed by atoms with Gasteiger partial charge < -0.3 is 14.2 Å². The van der Waals surface area contributed by atoms with Crippen molar-refractivity contribution >= 4 is 0 Å². The van der Waals surface area contributed by atoms with Crippen molar-refractivity contribution in [3.8, 4) is 0 Å². The lowest BCUT2D eigenvalue weighted by molar-refractivity contribution is -0.577. The Bertz CT molecular complexity index is 726. The largest absolute Gasteiger partial charge is 0.348 e. The first kappa shape index (κ1) is 18.9. The van der Waals surface area contributed by atoms with Crippen LogP contribution in [0.4, 0.5) is 4.39 Å². The highest BCUT2D eigenvalue weighted by atomic mass is 19.1. The van der Waals surface area contributed by atoms with Crippen LogP contribution in [0, 0.1) is 29.5 Å². The van der Waals surface area contributed by atoms with Crippen molar-refractivity contribution in [2.45, 2.75) is 77.0 Å². The molecule has 0 amide bonds. The molecule has 4 saturated heterocycles.